The van der Waals surface area contributed by atoms with Crippen molar-refractivity contribution in [2.75, 3.05) is 15.9 Å². The molecule has 30 heavy (non-hydrogen) atoms. The first kappa shape index (κ1) is 21.3. The zero-order valence-corrected chi connectivity index (χ0v) is 17.3. The van der Waals surface area contributed by atoms with Crippen LogP contribution in [0.4, 0.5) is 15.8 Å². The van der Waals surface area contributed by atoms with Gasteiger partial charge in [0.15, 0.2) is 0 Å². The number of amides is 1. The molecule has 1 atom stereocenters. The van der Waals surface area contributed by atoms with Crippen LogP contribution in [0, 0.1) is 5.82 Å². The molecule has 1 amide bonds. The number of hydrogen-bond acceptors (Lipinski definition) is 4. The van der Waals surface area contributed by atoms with E-state index in [0.717, 1.165) is 16.6 Å². The lowest BCUT2D eigenvalue weighted by molar-refractivity contribution is -0.116. The molecule has 156 valence electrons. The van der Waals surface area contributed by atoms with Gasteiger partial charge in [0.2, 0.25) is 15.9 Å². The van der Waals surface area contributed by atoms with Gasteiger partial charge in [-0.2, -0.15) is 0 Å². The van der Waals surface area contributed by atoms with E-state index in [0.29, 0.717) is 17.2 Å². The Labute approximate surface area is 175 Å². The minimum atomic E-state index is -3.91. The first-order chi connectivity index (χ1) is 14.3. The molecule has 0 spiro atoms. The van der Waals surface area contributed by atoms with Crippen LogP contribution in [-0.4, -0.2) is 26.6 Å². The van der Waals surface area contributed by atoms with E-state index in [2.05, 4.69) is 5.32 Å². The van der Waals surface area contributed by atoms with Crippen LogP contribution in [0.25, 0.3) is 0 Å². The lowest BCUT2D eigenvalue weighted by atomic mass is 10.2. The van der Waals surface area contributed by atoms with Gasteiger partial charge in [0.05, 0.1) is 11.9 Å². The van der Waals surface area contributed by atoms with Gasteiger partial charge >= 0.3 is 0 Å². The molecule has 6 nitrogen and oxygen atoms in total. The number of rotatable bonds is 7. The fraction of sp³-hybridized carbons (Fsp3) is 0.136. The number of sulfonamides is 1. The first-order valence-corrected chi connectivity index (χ1v) is 11.0. The number of carbonyl (C=O) groups is 1. The van der Waals surface area contributed by atoms with Crippen LogP contribution in [0.5, 0.6) is 11.5 Å². The molecular formula is C22H21FN2O4S. The van der Waals surface area contributed by atoms with Crippen LogP contribution in [0.1, 0.15) is 6.92 Å². The van der Waals surface area contributed by atoms with Crippen LogP contribution in [0.15, 0.2) is 78.9 Å². The normalized spacial score (nSPS) is 12.1. The van der Waals surface area contributed by atoms with Gasteiger partial charge in [0.1, 0.15) is 23.4 Å². The molecule has 3 aromatic rings. The maximum atomic E-state index is 14.2. The Morgan fingerprint density at radius 1 is 0.933 bits per heavy atom. The van der Waals surface area contributed by atoms with Crippen molar-refractivity contribution < 1.29 is 22.3 Å². The number of nitrogens with zero attached hydrogens (tertiary/aromatic N) is 1. The molecule has 1 N–H and O–H groups in total. The third-order valence-electron chi connectivity index (χ3n) is 4.28. The number of nitrogens with one attached hydrogen (secondary N) is 1. The van der Waals surface area contributed by atoms with E-state index in [1.54, 1.807) is 24.3 Å². The molecule has 0 fully saturated rings. The predicted octanol–water partition coefficient (Wildman–Crippen LogP) is 4.41. The molecule has 0 saturated carbocycles. The summed E-state index contributed by atoms with van der Waals surface area (Å²) in [5, 5.41) is 2.65. The zero-order chi connectivity index (χ0) is 21.7. The number of hydrogen-bond donors (Lipinski definition) is 1. The van der Waals surface area contributed by atoms with E-state index in [1.807, 2.05) is 30.3 Å². The molecule has 1 unspecified atom stereocenters. The topological polar surface area (TPSA) is 75.7 Å². The third-order valence-corrected chi connectivity index (χ3v) is 5.51. The summed E-state index contributed by atoms with van der Waals surface area (Å²) in [6, 6.07) is 20.1. The Morgan fingerprint density at radius 3 is 2.10 bits per heavy atom. The predicted molar refractivity (Wildman–Crippen MR) is 115 cm³/mol. The van der Waals surface area contributed by atoms with Crippen molar-refractivity contribution in [1.82, 2.24) is 0 Å². The van der Waals surface area contributed by atoms with Crippen molar-refractivity contribution >= 4 is 27.3 Å². The van der Waals surface area contributed by atoms with E-state index in [-0.39, 0.29) is 5.69 Å². The number of para-hydroxylation sites is 2. The van der Waals surface area contributed by atoms with E-state index < -0.39 is 27.8 Å². The molecule has 0 heterocycles. The maximum absolute atomic E-state index is 14.2. The van der Waals surface area contributed by atoms with Crippen LogP contribution in [0.3, 0.4) is 0 Å². The summed E-state index contributed by atoms with van der Waals surface area (Å²) in [5.41, 5.74) is 0.267. The fourth-order valence-corrected chi connectivity index (χ4v) is 4.06. The van der Waals surface area contributed by atoms with Gasteiger partial charge in [-0.05, 0) is 55.5 Å². The summed E-state index contributed by atoms with van der Waals surface area (Å²) in [7, 11) is -3.91. The number of benzene rings is 3. The molecule has 0 radical (unpaired) electrons. The van der Waals surface area contributed by atoms with Crippen LogP contribution in [0.2, 0.25) is 0 Å². The summed E-state index contributed by atoms with van der Waals surface area (Å²) in [6.45, 7) is 1.40. The number of carbonyl (C=O) groups excluding carboxylic acids is 1. The molecule has 0 aromatic heterocycles. The lowest BCUT2D eigenvalue weighted by Crippen LogP contribution is -2.45. The molecule has 0 saturated heterocycles. The average Bonchev–Trinajstić information content (AvgIpc) is 2.71. The first-order valence-electron chi connectivity index (χ1n) is 9.13. The highest BCUT2D eigenvalue weighted by molar-refractivity contribution is 7.92. The highest BCUT2D eigenvalue weighted by Crippen LogP contribution is 2.26. The SMILES string of the molecule is CC(C(=O)Nc1ccc(Oc2ccccc2)cc1)N(c1ccccc1F)S(C)(=O)=O. The largest absolute Gasteiger partial charge is 0.457 e. The molecule has 8 heteroatoms. The average molecular weight is 428 g/mol. The maximum Gasteiger partial charge on any atom is 0.247 e. The van der Waals surface area contributed by atoms with Crippen LogP contribution < -0.4 is 14.4 Å². The number of halogens is 1. The molecule has 3 aromatic carbocycles. The van der Waals surface area contributed by atoms with Crippen molar-refractivity contribution in [3.8, 4) is 11.5 Å². The zero-order valence-electron chi connectivity index (χ0n) is 16.4. The Morgan fingerprint density at radius 2 is 1.50 bits per heavy atom. The summed E-state index contributed by atoms with van der Waals surface area (Å²) < 4.78 is 45.2. The van der Waals surface area contributed by atoms with Crippen molar-refractivity contribution in [3.63, 3.8) is 0 Å². The second-order valence-corrected chi connectivity index (χ2v) is 8.47. The molecule has 0 aliphatic rings. The second kappa shape index (κ2) is 8.96. The second-order valence-electron chi connectivity index (χ2n) is 6.61. The monoisotopic (exact) mass is 428 g/mol. The molecule has 3 rings (SSSR count). The Hall–Kier alpha value is -3.39. The number of ether oxygens (including phenoxy) is 1. The Bertz CT molecular complexity index is 1120. The van der Waals surface area contributed by atoms with E-state index in [9.17, 15) is 17.6 Å². The van der Waals surface area contributed by atoms with Gasteiger partial charge in [-0.3, -0.25) is 9.10 Å². The third kappa shape index (κ3) is 5.15. The Balaban J connectivity index is 1.74. The summed E-state index contributed by atoms with van der Waals surface area (Å²) in [5.74, 6) is -0.0710. The fourth-order valence-electron chi connectivity index (χ4n) is 2.89. The quantitative estimate of drug-likeness (QED) is 0.605. The number of anilines is 2. The van der Waals surface area contributed by atoms with Gasteiger partial charge in [0, 0.05) is 5.69 Å². The van der Waals surface area contributed by atoms with E-state index in [4.69, 9.17) is 4.74 Å². The molecule has 0 aliphatic heterocycles. The van der Waals surface area contributed by atoms with Crippen LogP contribution >= 0.6 is 0 Å². The van der Waals surface area contributed by atoms with Crippen LogP contribution in [-0.2, 0) is 14.8 Å². The molecule has 0 bridgehead atoms. The van der Waals surface area contributed by atoms with E-state index in [1.165, 1.54) is 25.1 Å². The van der Waals surface area contributed by atoms with Crippen molar-refractivity contribution in [2.24, 2.45) is 0 Å². The lowest BCUT2D eigenvalue weighted by Gasteiger charge is -2.28. The highest BCUT2D eigenvalue weighted by atomic mass is 32.2. The standard InChI is InChI=1S/C22H21FN2O4S/c1-16(25(30(2,27)28)21-11-7-6-10-20(21)23)22(26)24-17-12-14-19(15-13-17)29-18-8-4-3-5-9-18/h3-16H,1-2H3,(H,24,26). The van der Waals surface area contributed by atoms with Crippen molar-refractivity contribution in [2.45, 2.75) is 13.0 Å². The smallest absolute Gasteiger partial charge is 0.247 e. The van der Waals surface area contributed by atoms with Gasteiger partial charge in [-0.1, -0.05) is 30.3 Å². The molecule has 0 aliphatic carbocycles. The van der Waals surface area contributed by atoms with E-state index >= 15 is 0 Å². The minimum Gasteiger partial charge on any atom is -0.457 e. The summed E-state index contributed by atoms with van der Waals surface area (Å²) >= 11 is 0. The minimum absolute atomic E-state index is 0.186. The van der Waals surface area contributed by atoms with Gasteiger partial charge in [0.25, 0.3) is 0 Å². The summed E-state index contributed by atoms with van der Waals surface area (Å²) in [4.78, 5) is 12.7. The highest BCUT2D eigenvalue weighted by Gasteiger charge is 2.30. The Kier molecular flexibility index (Phi) is 6.37. The van der Waals surface area contributed by atoms with Crippen molar-refractivity contribution in [3.05, 3.63) is 84.7 Å². The summed E-state index contributed by atoms with van der Waals surface area (Å²) in [6.07, 6.45) is 0.929. The van der Waals surface area contributed by atoms with Gasteiger partial charge in [-0.15, -0.1) is 0 Å². The van der Waals surface area contributed by atoms with Crippen molar-refractivity contribution in [1.29, 1.82) is 0 Å². The molecular weight excluding hydrogens is 407 g/mol. The van der Waals surface area contributed by atoms with Gasteiger partial charge < -0.3 is 10.1 Å². The van der Waals surface area contributed by atoms with Gasteiger partial charge in [-0.25, -0.2) is 12.8 Å².